The average Bonchev–Trinajstić information content (AvgIpc) is 2.35. The van der Waals surface area contributed by atoms with Gasteiger partial charge in [-0.25, -0.2) is 0 Å². The van der Waals surface area contributed by atoms with Crippen molar-refractivity contribution in [2.45, 2.75) is 12.5 Å². The van der Waals surface area contributed by atoms with Gasteiger partial charge in [-0.15, -0.1) is 0 Å². The van der Waals surface area contributed by atoms with Gasteiger partial charge in [0.05, 0.1) is 19.3 Å². The van der Waals surface area contributed by atoms with Gasteiger partial charge in [-0.2, -0.15) is 0 Å². The van der Waals surface area contributed by atoms with E-state index in [4.69, 9.17) is 9.47 Å². The largest absolute Gasteiger partial charge is 0.497 e. The van der Waals surface area contributed by atoms with Crippen LogP contribution in [0.4, 0.5) is 0 Å². The van der Waals surface area contributed by atoms with Gasteiger partial charge in [0.15, 0.2) is 0 Å². The highest BCUT2D eigenvalue weighted by molar-refractivity contribution is 5.30. The molecule has 1 unspecified atom stereocenters. The van der Waals surface area contributed by atoms with Crippen molar-refractivity contribution < 1.29 is 14.6 Å². The van der Waals surface area contributed by atoms with E-state index in [0.29, 0.717) is 13.2 Å². The smallest absolute Gasteiger partial charge is 0.118 e. The van der Waals surface area contributed by atoms with Crippen molar-refractivity contribution in [1.29, 1.82) is 0 Å². The van der Waals surface area contributed by atoms with E-state index in [1.165, 1.54) is 0 Å². The fourth-order valence-electron chi connectivity index (χ4n) is 1.56. The van der Waals surface area contributed by atoms with Crippen LogP contribution in [0.25, 0.3) is 0 Å². The van der Waals surface area contributed by atoms with E-state index in [2.05, 4.69) is 5.32 Å². The van der Waals surface area contributed by atoms with Crippen LogP contribution in [0.3, 0.4) is 0 Å². The van der Waals surface area contributed by atoms with Crippen LogP contribution in [0.15, 0.2) is 24.3 Å². The van der Waals surface area contributed by atoms with Crippen LogP contribution in [-0.4, -0.2) is 39.0 Å². The zero-order valence-electron chi connectivity index (χ0n) is 10.7. The summed E-state index contributed by atoms with van der Waals surface area (Å²) >= 11 is 0. The monoisotopic (exact) mass is 239 g/mol. The minimum atomic E-state index is -0.889. The van der Waals surface area contributed by atoms with E-state index in [1.807, 2.05) is 24.3 Å². The molecule has 0 fully saturated rings. The molecule has 0 saturated heterocycles. The van der Waals surface area contributed by atoms with Crippen LogP contribution in [0.2, 0.25) is 0 Å². The molecule has 0 spiro atoms. The van der Waals surface area contributed by atoms with Gasteiger partial charge in [-0.05, 0) is 24.6 Å². The van der Waals surface area contributed by atoms with Gasteiger partial charge in [0.2, 0.25) is 0 Å². The van der Waals surface area contributed by atoms with Crippen LogP contribution in [0.1, 0.15) is 12.5 Å². The predicted molar refractivity (Wildman–Crippen MR) is 67.3 cm³/mol. The van der Waals surface area contributed by atoms with Crippen LogP contribution < -0.4 is 10.1 Å². The van der Waals surface area contributed by atoms with Gasteiger partial charge in [-0.3, -0.25) is 0 Å². The highest BCUT2D eigenvalue weighted by atomic mass is 16.5. The maximum absolute atomic E-state index is 10.3. The molecule has 2 N–H and O–H groups in total. The molecule has 0 aliphatic carbocycles. The van der Waals surface area contributed by atoms with E-state index < -0.39 is 5.60 Å². The summed E-state index contributed by atoms with van der Waals surface area (Å²) in [6, 6.07) is 7.44. The Morgan fingerprint density at radius 2 is 1.88 bits per heavy atom. The van der Waals surface area contributed by atoms with Crippen molar-refractivity contribution in [3.8, 4) is 5.75 Å². The molecule has 1 rings (SSSR count). The van der Waals surface area contributed by atoms with E-state index in [0.717, 1.165) is 17.9 Å². The van der Waals surface area contributed by atoms with Crippen molar-refractivity contribution >= 4 is 0 Å². The first-order valence-corrected chi connectivity index (χ1v) is 5.66. The summed E-state index contributed by atoms with van der Waals surface area (Å²) in [5.74, 6) is 0.789. The summed E-state index contributed by atoms with van der Waals surface area (Å²) in [5, 5.41) is 13.5. The number of ether oxygens (including phenoxy) is 2. The van der Waals surface area contributed by atoms with Crippen molar-refractivity contribution in [3.63, 3.8) is 0 Å². The molecule has 0 radical (unpaired) electrons. The Labute approximate surface area is 103 Å². The first-order valence-electron chi connectivity index (χ1n) is 5.66. The molecule has 0 bridgehead atoms. The molecule has 0 saturated carbocycles. The Balaban J connectivity index is 2.55. The fourth-order valence-corrected chi connectivity index (χ4v) is 1.56. The first-order chi connectivity index (χ1) is 8.10. The number of rotatable bonds is 7. The van der Waals surface area contributed by atoms with E-state index in [-0.39, 0.29) is 0 Å². The molecule has 0 aliphatic rings. The summed E-state index contributed by atoms with van der Waals surface area (Å²) in [7, 11) is 3.28. The number of nitrogens with one attached hydrogen (secondary N) is 1. The normalized spacial score (nSPS) is 14.4. The highest BCUT2D eigenvalue weighted by Gasteiger charge is 2.22. The topological polar surface area (TPSA) is 50.7 Å². The van der Waals surface area contributed by atoms with Crippen molar-refractivity contribution in [3.05, 3.63) is 29.8 Å². The number of methoxy groups -OCH3 is 2. The van der Waals surface area contributed by atoms with Crippen molar-refractivity contribution in [2.75, 3.05) is 33.9 Å². The zero-order valence-corrected chi connectivity index (χ0v) is 10.7. The number of aliphatic hydroxyl groups is 1. The van der Waals surface area contributed by atoms with E-state index in [9.17, 15) is 5.11 Å². The lowest BCUT2D eigenvalue weighted by Crippen LogP contribution is -2.36. The van der Waals surface area contributed by atoms with E-state index >= 15 is 0 Å². The van der Waals surface area contributed by atoms with Gasteiger partial charge >= 0.3 is 0 Å². The number of hydrogen-bond acceptors (Lipinski definition) is 4. The molecule has 96 valence electrons. The molecule has 0 amide bonds. The van der Waals surface area contributed by atoms with Crippen molar-refractivity contribution in [1.82, 2.24) is 5.32 Å². The quantitative estimate of drug-likeness (QED) is 0.701. The van der Waals surface area contributed by atoms with E-state index in [1.54, 1.807) is 21.1 Å². The Morgan fingerprint density at radius 1 is 1.24 bits per heavy atom. The molecule has 4 heteroatoms. The Morgan fingerprint density at radius 3 is 2.41 bits per heavy atom. The van der Waals surface area contributed by atoms with Gasteiger partial charge in [-0.1, -0.05) is 12.1 Å². The molecule has 1 atom stereocenters. The number of hydrogen-bond donors (Lipinski definition) is 2. The lowest BCUT2D eigenvalue weighted by molar-refractivity contribution is 0.0549. The average molecular weight is 239 g/mol. The standard InChI is InChI=1S/C13H21NO3/c1-13(15,10-14-8-9-16-2)11-4-6-12(17-3)7-5-11/h4-7,14-15H,8-10H2,1-3H3. The minimum Gasteiger partial charge on any atom is -0.497 e. The Hall–Kier alpha value is -1.10. The maximum Gasteiger partial charge on any atom is 0.118 e. The van der Waals surface area contributed by atoms with Gasteiger partial charge in [0, 0.05) is 20.2 Å². The molecule has 0 heterocycles. The van der Waals surface area contributed by atoms with Gasteiger partial charge < -0.3 is 19.9 Å². The molecule has 1 aromatic carbocycles. The molecule has 4 nitrogen and oxygen atoms in total. The number of benzene rings is 1. The third-order valence-corrected chi connectivity index (χ3v) is 2.66. The predicted octanol–water partition coefficient (Wildman–Crippen LogP) is 1.14. The highest BCUT2D eigenvalue weighted by Crippen LogP contribution is 2.22. The van der Waals surface area contributed by atoms with Crippen LogP contribution >= 0.6 is 0 Å². The third kappa shape index (κ3) is 4.34. The third-order valence-electron chi connectivity index (χ3n) is 2.66. The summed E-state index contributed by atoms with van der Waals surface area (Å²) in [6.45, 7) is 3.64. The Bertz CT molecular complexity index is 322. The second-order valence-corrected chi connectivity index (χ2v) is 4.17. The summed E-state index contributed by atoms with van der Waals surface area (Å²) in [4.78, 5) is 0. The summed E-state index contributed by atoms with van der Waals surface area (Å²) < 4.78 is 10.0. The molecule has 0 aliphatic heterocycles. The second kappa shape index (κ2) is 6.59. The summed E-state index contributed by atoms with van der Waals surface area (Å²) in [6.07, 6.45) is 0. The molecule has 1 aromatic rings. The molecule has 17 heavy (non-hydrogen) atoms. The molecular formula is C13H21NO3. The van der Waals surface area contributed by atoms with Crippen LogP contribution in [0.5, 0.6) is 5.75 Å². The van der Waals surface area contributed by atoms with Crippen LogP contribution in [-0.2, 0) is 10.3 Å². The fraction of sp³-hybridized carbons (Fsp3) is 0.538. The second-order valence-electron chi connectivity index (χ2n) is 4.17. The zero-order chi connectivity index (χ0) is 12.7. The first kappa shape index (κ1) is 14.0. The lowest BCUT2D eigenvalue weighted by Gasteiger charge is -2.24. The Kier molecular flexibility index (Phi) is 5.41. The minimum absolute atomic E-state index is 0.489. The maximum atomic E-state index is 10.3. The molecular weight excluding hydrogens is 218 g/mol. The SMILES string of the molecule is COCCNCC(C)(O)c1ccc(OC)cc1. The van der Waals surface area contributed by atoms with Gasteiger partial charge in [0.25, 0.3) is 0 Å². The van der Waals surface area contributed by atoms with Crippen molar-refractivity contribution in [2.24, 2.45) is 0 Å². The van der Waals surface area contributed by atoms with Gasteiger partial charge in [0.1, 0.15) is 5.75 Å². The molecule has 0 aromatic heterocycles. The lowest BCUT2D eigenvalue weighted by atomic mass is 9.96. The van der Waals surface area contributed by atoms with Crippen LogP contribution in [0, 0.1) is 0 Å². The summed E-state index contributed by atoms with van der Waals surface area (Å²) in [5.41, 5.74) is -0.0248.